The Morgan fingerprint density at radius 3 is 2.69 bits per heavy atom. The highest BCUT2D eigenvalue weighted by Crippen LogP contribution is 2.23. The fourth-order valence-electron chi connectivity index (χ4n) is 4.95. The molecule has 3 aliphatic rings. The molecule has 4 heterocycles. The molecule has 2 amide bonds. The van der Waals surface area contributed by atoms with Crippen molar-refractivity contribution in [2.24, 2.45) is 0 Å². The summed E-state index contributed by atoms with van der Waals surface area (Å²) >= 11 is 0. The number of benzene rings is 1. The predicted octanol–water partition coefficient (Wildman–Crippen LogP) is 0.230. The van der Waals surface area contributed by atoms with Crippen molar-refractivity contribution in [1.29, 1.82) is 0 Å². The number of aliphatic hydroxyl groups is 1. The average molecular weight is 496 g/mol. The average Bonchev–Trinajstić information content (AvgIpc) is 3.38. The summed E-state index contributed by atoms with van der Waals surface area (Å²) in [5, 5.41) is 29.8. The van der Waals surface area contributed by atoms with Crippen LogP contribution in [-0.4, -0.2) is 87.8 Å². The number of phenols is 1. The quantitative estimate of drug-likeness (QED) is 0.365. The lowest BCUT2D eigenvalue weighted by Crippen LogP contribution is -2.56. The molecule has 0 bridgehead atoms. The number of fused-ring (bicyclic) bond motifs is 1. The molecule has 0 saturated carbocycles. The van der Waals surface area contributed by atoms with Crippen molar-refractivity contribution in [3.63, 3.8) is 0 Å². The van der Waals surface area contributed by atoms with E-state index in [9.17, 15) is 19.8 Å². The van der Waals surface area contributed by atoms with Gasteiger partial charge in [-0.25, -0.2) is 4.98 Å². The summed E-state index contributed by atoms with van der Waals surface area (Å²) in [5.41, 5.74) is 2.32. The van der Waals surface area contributed by atoms with Crippen LogP contribution < -0.4 is 20.9 Å². The van der Waals surface area contributed by atoms with E-state index in [2.05, 4.69) is 30.8 Å². The van der Waals surface area contributed by atoms with Gasteiger partial charge < -0.3 is 36.0 Å². The van der Waals surface area contributed by atoms with Crippen LogP contribution in [0.3, 0.4) is 0 Å². The van der Waals surface area contributed by atoms with Crippen LogP contribution in [0.1, 0.15) is 41.4 Å². The lowest BCUT2D eigenvalue weighted by atomic mass is 9.92. The van der Waals surface area contributed by atoms with Crippen molar-refractivity contribution in [1.82, 2.24) is 25.5 Å². The van der Waals surface area contributed by atoms with Gasteiger partial charge in [-0.05, 0) is 42.5 Å². The number of nitrogens with one attached hydrogen (secondary N) is 3. The van der Waals surface area contributed by atoms with Crippen molar-refractivity contribution in [2.45, 2.75) is 50.9 Å². The molecular formula is C25H33N7O4. The molecule has 1 aromatic carbocycles. The van der Waals surface area contributed by atoms with E-state index in [0.717, 1.165) is 37.1 Å². The first kappa shape index (κ1) is 24.3. The molecule has 0 radical (unpaired) electrons. The molecule has 3 aliphatic heterocycles. The summed E-state index contributed by atoms with van der Waals surface area (Å²) in [5.74, 6) is 0.961. The van der Waals surface area contributed by atoms with Crippen molar-refractivity contribution in [3.8, 4) is 5.75 Å². The van der Waals surface area contributed by atoms with E-state index in [-0.39, 0.29) is 41.9 Å². The fourth-order valence-corrected chi connectivity index (χ4v) is 4.95. The Bertz CT molecular complexity index is 1130. The first-order valence-electron chi connectivity index (χ1n) is 12.5. The van der Waals surface area contributed by atoms with Gasteiger partial charge in [-0.1, -0.05) is 6.07 Å². The molecule has 2 aromatic rings. The highest BCUT2D eigenvalue weighted by Gasteiger charge is 2.30. The number of amides is 2. The Kier molecular flexibility index (Phi) is 6.92. The molecular weight excluding hydrogens is 462 g/mol. The third kappa shape index (κ3) is 5.36. The van der Waals surface area contributed by atoms with Gasteiger partial charge >= 0.3 is 0 Å². The number of rotatable bonds is 7. The lowest BCUT2D eigenvalue weighted by molar-refractivity contribution is -0.132. The SMILES string of the molecule is CC(=O)N1CC(Nc2cc(C(=O)NC[C@@H](O)[C@@H]3Cc4ccc(O)cc4CN3)nc(N3CCCC3)n2)C1. The Labute approximate surface area is 209 Å². The van der Waals surface area contributed by atoms with Crippen molar-refractivity contribution < 1.29 is 19.8 Å². The van der Waals surface area contributed by atoms with E-state index < -0.39 is 6.10 Å². The summed E-state index contributed by atoms with van der Waals surface area (Å²) in [6.45, 7) is 5.06. The number of hydrogen-bond acceptors (Lipinski definition) is 9. The molecule has 11 nitrogen and oxygen atoms in total. The van der Waals surface area contributed by atoms with Crippen LogP contribution in [0.2, 0.25) is 0 Å². The van der Waals surface area contributed by atoms with Gasteiger partial charge in [0.2, 0.25) is 11.9 Å². The minimum absolute atomic E-state index is 0.0428. The van der Waals surface area contributed by atoms with Crippen molar-refractivity contribution in [2.75, 3.05) is 42.9 Å². The lowest BCUT2D eigenvalue weighted by Gasteiger charge is -2.39. The maximum atomic E-state index is 13.0. The number of likely N-dealkylation sites (tertiary alicyclic amines) is 1. The van der Waals surface area contributed by atoms with Gasteiger partial charge in [0.15, 0.2) is 0 Å². The van der Waals surface area contributed by atoms with Crippen LogP contribution in [0, 0.1) is 0 Å². The van der Waals surface area contributed by atoms with Gasteiger partial charge in [0.05, 0.1) is 12.1 Å². The summed E-state index contributed by atoms with van der Waals surface area (Å²) < 4.78 is 0. The minimum Gasteiger partial charge on any atom is -0.508 e. The van der Waals surface area contributed by atoms with E-state index in [1.807, 2.05) is 6.07 Å². The molecule has 0 spiro atoms. The Morgan fingerprint density at radius 1 is 1.17 bits per heavy atom. The second kappa shape index (κ2) is 10.3. The van der Waals surface area contributed by atoms with Crippen molar-refractivity contribution >= 4 is 23.6 Å². The third-order valence-electron chi connectivity index (χ3n) is 7.14. The van der Waals surface area contributed by atoms with E-state index >= 15 is 0 Å². The molecule has 0 aliphatic carbocycles. The van der Waals surface area contributed by atoms with E-state index in [4.69, 9.17) is 0 Å². The zero-order valence-electron chi connectivity index (χ0n) is 20.4. The van der Waals surface area contributed by atoms with E-state index in [1.54, 1.807) is 30.0 Å². The van der Waals surface area contributed by atoms with E-state index in [1.165, 1.54) is 0 Å². The summed E-state index contributed by atoms with van der Waals surface area (Å²) in [4.78, 5) is 37.5. The number of carbonyl (C=O) groups excluding carboxylic acids is 2. The second-order valence-corrected chi connectivity index (χ2v) is 9.82. The molecule has 5 rings (SSSR count). The van der Waals surface area contributed by atoms with E-state index in [0.29, 0.717) is 37.8 Å². The number of anilines is 2. The monoisotopic (exact) mass is 495 g/mol. The molecule has 1 aromatic heterocycles. The number of hydrogen-bond donors (Lipinski definition) is 5. The zero-order chi connectivity index (χ0) is 25.2. The Hall–Kier alpha value is -3.44. The van der Waals surface area contributed by atoms with Gasteiger partial charge in [-0.3, -0.25) is 9.59 Å². The van der Waals surface area contributed by atoms with Crippen LogP contribution in [0.25, 0.3) is 0 Å². The Balaban J connectivity index is 1.23. The molecule has 2 atom stereocenters. The third-order valence-corrected chi connectivity index (χ3v) is 7.14. The first-order valence-corrected chi connectivity index (χ1v) is 12.5. The smallest absolute Gasteiger partial charge is 0.270 e. The van der Waals surface area contributed by atoms with Gasteiger partial charge in [-0.15, -0.1) is 0 Å². The minimum atomic E-state index is -0.791. The molecule has 2 saturated heterocycles. The highest BCUT2D eigenvalue weighted by molar-refractivity contribution is 5.93. The molecule has 0 unspecified atom stereocenters. The predicted molar refractivity (Wildman–Crippen MR) is 134 cm³/mol. The molecule has 2 fully saturated rings. The maximum Gasteiger partial charge on any atom is 0.270 e. The summed E-state index contributed by atoms with van der Waals surface area (Å²) in [7, 11) is 0. The van der Waals surface area contributed by atoms with Crippen LogP contribution in [0.4, 0.5) is 11.8 Å². The van der Waals surface area contributed by atoms with Gasteiger partial charge in [0.25, 0.3) is 5.91 Å². The zero-order valence-corrected chi connectivity index (χ0v) is 20.4. The number of aliphatic hydroxyl groups excluding tert-OH is 1. The fraction of sp³-hybridized carbons (Fsp3) is 0.520. The van der Waals surface area contributed by atoms with Gasteiger partial charge in [0.1, 0.15) is 17.3 Å². The molecule has 11 heteroatoms. The summed E-state index contributed by atoms with van der Waals surface area (Å²) in [6.07, 6.45) is 1.93. The second-order valence-electron chi connectivity index (χ2n) is 9.82. The molecule has 192 valence electrons. The largest absolute Gasteiger partial charge is 0.508 e. The van der Waals surface area contributed by atoms with Crippen LogP contribution in [0.5, 0.6) is 5.75 Å². The van der Waals surface area contributed by atoms with Crippen LogP contribution in [0.15, 0.2) is 24.3 Å². The Morgan fingerprint density at radius 2 is 1.94 bits per heavy atom. The number of nitrogens with zero attached hydrogens (tertiary/aromatic N) is 4. The topological polar surface area (TPSA) is 143 Å². The summed E-state index contributed by atoms with van der Waals surface area (Å²) in [6, 6.07) is 6.74. The highest BCUT2D eigenvalue weighted by atomic mass is 16.3. The molecule has 36 heavy (non-hydrogen) atoms. The standard InChI is InChI=1S/C25H33N7O4/c1-15(33)32-13-18(14-32)28-23-10-21(29-25(30-23)31-6-2-3-7-31)24(36)27-12-22(35)20-9-16-4-5-19(34)8-17(16)11-26-20/h4-5,8,10,18,20,22,26,34-35H,2-3,6-7,9,11-14H2,1H3,(H,27,36)(H,28,29,30)/t20-,22+/m0/s1. The van der Waals surface area contributed by atoms with Gasteiger partial charge in [-0.2, -0.15) is 4.98 Å². The maximum absolute atomic E-state index is 13.0. The van der Waals surface area contributed by atoms with Crippen molar-refractivity contribution in [3.05, 3.63) is 41.1 Å². The number of aromatic hydroxyl groups is 1. The van der Waals surface area contributed by atoms with Crippen LogP contribution in [-0.2, 0) is 17.8 Å². The molecule has 5 N–H and O–H groups in total. The van der Waals surface area contributed by atoms with Crippen LogP contribution >= 0.6 is 0 Å². The number of aromatic nitrogens is 2. The number of carbonyl (C=O) groups is 2. The van der Waals surface area contributed by atoms with Gasteiger partial charge in [0, 0.05) is 58.3 Å². The first-order chi connectivity index (χ1) is 17.4. The number of phenolic OH excluding ortho intramolecular Hbond substituents is 1. The normalized spacial score (nSPS) is 20.4.